The van der Waals surface area contributed by atoms with E-state index in [2.05, 4.69) is 4.72 Å². The molecular formula is C19H24ClNO4S. The summed E-state index contributed by atoms with van der Waals surface area (Å²) in [5.74, 6) is 0.594. The van der Waals surface area contributed by atoms with Crippen LogP contribution in [0.5, 0.6) is 5.75 Å². The number of aliphatic hydroxyl groups is 1. The van der Waals surface area contributed by atoms with Crippen molar-refractivity contribution in [2.45, 2.75) is 37.3 Å². The van der Waals surface area contributed by atoms with Crippen LogP contribution in [0.25, 0.3) is 0 Å². The first-order chi connectivity index (χ1) is 12.3. The molecular weight excluding hydrogens is 374 g/mol. The Balaban J connectivity index is 2.29. The summed E-state index contributed by atoms with van der Waals surface area (Å²) in [5, 5.41) is 11.3. The number of rotatable bonds is 8. The molecule has 2 aromatic carbocycles. The molecule has 2 rings (SSSR count). The third-order valence-electron chi connectivity index (χ3n) is 4.47. The smallest absolute Gasteiger partial charge is 0.240 e. The van der Waals surface area contributed by atoms with Gasteiger partial charge in [0.15, 0.2) is 0 Å². The Bertz CT molecular complexity index is 806. The number of halogens is 1. The summed E-state index contributed by atoms with van der Waals surface area (Å²) in [6.07, 6.45) is -0.279. The number of sulfonamides is 1. The van der Waals surface area contributed by atoms with E-state index in [4.69, 9.17) is 16.3 Å². The van der Waals surface area contributed by atoms with Crippen LogP contribution in [0.4, 0.5) is 0 Å². The summed E-state index contributed by atoms with van der Waals surface area (Å²) >= 11 is 5.83. The van der Waals surface area contributed by atoms with Crippen LogP contribution in [0.2, 0.25) is 5.02 Å². The molecule has 3 atom stereocenters. The van der Waals surface area contributed by atoms with Crippen molar-refractivity contribution in [3.63, 3.8) is 0 Å². The van der Waals surface area contributed by atoms with E-state index in [-0.39, 0.29) is 10.8 Å². The van der Waals surface area contributed by atoms with E-state index in [9.17, 15) is 13.5 Å². The van der Waals surface area contributed by atoms with Gasteiger partial charge in [0.1, 0.15) is 5.75 Å². The zero-order chi connectivity index (χ0) is 19.3. The fourth-order valence-corrected chi connectivity index (χ4v) is 4.09. The van der Waals surface area contributed by atoms with Gasteiger partial charge < -0.3 is 9.84 Å². The molecule has 0 aliphatic carbocycles. The summed E-state index contributed by atoms with van der Waals surface area (Å²) in [4.78, 5) is 0.108. The third kappa shape index (κ3) is 4.98. The van der Waals surface area contributed by atoms with Crippen molar-refractivity contribution in [1.29, 1.82) is 0 Å². The normalized spacial score (nSPS) is 15.3. The van der Waals surface area contributed by atoms with Gasteiger partial charge in [-0.3, -0.25) is 0 Å². The lowest BCUT2D eigenvalue weighted by molar-refractivity contribution is 0.112. The number of hydrogen-bond donors (Lipinski definition) is 2. The Morgan fingerprint density at radius 2 is 1.69 bits per heavy atom. The van der Waals surface area contributed by atoms with Crippen LogP contribution in [-0.4, -0.2) is 26.7 Å². The lowest BCUT2D eigenvalue weighted by Crippen LogP contribution is -2.43. The van der Waals surface area contributed by atoms with Crippen molar-refractivity contribution in [2.75, 3.05) is 7.11 Å². The maximum atomic E-state index is 12.7. The van der Waals surface area contributed by atoms with Crippen LogP contribution < -0.4 is 9.46 Å². The van der Waals surface area contributed by atoms with Crippen molar-refractivity contribution in [3.8, 4) is 5.75 Å². The minimum absolute atomic E-state index is 0.0748. The molecule has 0 saturated carbocycles. The monoisotopic (exact) mass is 397 g/mol. The van der Waals surface area contributed by atoms with E-state index >= 15 is 0 Å². The van der Waals surface area contributed by atoms with Gasteiger partial charge >= 0.3 is 0 Å². The van der Waals surface area contributed by atoms with Crippen molar-refractivity contribution in [1.82, 2.24) is 4.72 Å². The van der Waals surface area contributed by atoms with Crippen LogP contribution in [0.1, 0.15) is 31.9 Å². The molecule has 0 bridgehead atoms. The largest absolute Gasteiger partial charge is 0.497 e. The Labute approximate surface area is 160 Å². The van der Waals surface area contributed by atoms with Gasteiger partial charge in [-0.05, 0) is 47.9 Å². The number of aliphatic hydroxyl groups excluding tert-OH is 1. The molecule has 2 N–H and O–H groups in total. The molecule has 26 heavy (non-hydrogen) atoms. The highest BCUT2D eigenvalue weighted by Gasteiger charge is 2.30. The van der Waals surface area contributed by atoms with E-state index in [1.54, 1.807) is 31.4 Å². The minimum atomic E-state index is -3.79. The fraction of sp³-hybridized carbons (Fsp3) is 0.368. The molecule has 0 fully saturated rings. The molecule has 0 spiro atoms. The van der Waals surface area contributed by atoms with Gasteiger partial charge in [0, 0.05) is 5.02 Å². The number of methoxy groups -OCH3 is 1. The standard InChI is InChI=1S/C19H24ClNO4S/c1-4-13(2)18(19(22)14-5-9-16(25-3)10-6-14)21-26(23,24)17-11-7-15(20)8-12-17/h5-13,18-19,21-22H,4H2,1-3H3. The quantitative estimate of drug-likeness (QED) is 0.710. The zero-order valence-corrected chi connectivity index (χ0v) is 16.6. The predicted molar refractivity (Wildman–Crippen MR) is 103 cm³/mol. The fourth-order valence-electron chi connectivity index (χ4n) is 2.62. The Morgan fingerprint density at radius 3 is 2.19 bits per heavy atom. The summed E-state index contributed by atoms with van der Waals surface area (Å²) in [6.45, 7) is 3.86. The van der Waals surface area contributed by atoms with Crippen LogP contribution in [0.3, 0.4) is 0 Å². The maximum absolute atomic E-state index is 12.7. The number of hydrogen-bond acceptors (Lipinski definition) is 4. The molecule has 0 aliphatic rings. The highest BCUT2D eigenvalue weighted by atomic mass is 35.5. The highest BCUT2D eigenvalue weighted by molar-refractivity contribution is 7.89. The molecule has 7 heteroatoms. The first kappa shape index (κ1) is 20.7. The molecule has 0 radical (unpaired) electrons. The molecule has 0 amide bonds. The van der Waals surface area contributed by atoms with Gasteiger partial charge in [0.2, 0.25) is 10.0 Å². The van der Waals surface area contributed by atoms with Crippen molar-refractivity contribution >= 4 is 21.6 Å². The average Bonchev–Trinajstić information content (AvgIpc) is 2.65. The molecule has 0 aliphatic heterocycles. The van der Waals surface area contributed by atoms with Gasteiger partial charge in [-0.15, -0.1) is 0 Å². The van der Waals surface area contributed by atoms with Crippen molar-refractivity contribution < 1.29 is 18.3 Å². The molecule has 2 aromatic rings. The SMILES string of the molecule is CCC(C)C(NS(=O)(=O)c1ccc(Cl)cc1)C(O)c1ccc(OC)cc1. The molecule has 5 nitrogen and oxygen atoms in total. The summed E-state index contributed by atoms with van der Waals surface area (Å²) < 4.78 is 33.2. The van der Waals surface area contributed by atoms with Crippen molar-refractivity contribution in [3.05, 3.63) is 59.1 Å². The van der Waals surface area contributed by atoms with Crippen LogP contribution in [0.15, 0.2) is 53.4 Å². The van der Waals surface area contributed by atoms with Gasteiger partial charge in [-0.2, -0.15) is 0 Å². The Morgan fingerprint density at radius 1 is 1.12 bits per heavy atom. The van der Waals surface area contributed by atoms with E-state index in [1.807, 2.05) is 13.8 Å². The maximum Gasteiger partial charge on any atom is 0.240 e. The lowest BCUT2D eigenvalue weighted by atomic mass is 9.91. The van der Waals surface area contributed by atoms with E-state index < -0.39 is 22.2 Å². The minimum Gasteiger partial charge on any atom is -0.497 e. The summed E-state index contributed by atoms with van der Waals surface area (Å²) in [6, 6.07) is 12.2. The van der Waals surface area contributed by atoms with E-state index in [0.717, 1.165) is 0 Å². The second-order valence-corrected chi connectivity index (χ2v) is 8.35. The second-order valence-electron chi connectivity index (χ2n) is 6.20. The Hall–Kier alpha value is -1.60. The molecule has 0 heterocycles. The van der Waals surface area contributed by atoms with E-state index in [1.165, 1.54) is 24.3 Å². The summed E-state index contributed by atoms with van der Waals surface area (Å²) in [5.41, 5.74) is 0.620. The van der Waals surface area contributed by atoms with Crippen LogP contribution in [0, 0.1) is 5.92 Å². The molecule has 0 aromatic heterocycles. The first-order valence-electron chi connectivity index (χ1n) is 8.38. The van der Waals surface area contributed by atoms with Gasteiger partial charge in [-0.25, -0.2) is 13.1 Å². The third-order valence-corrected chi connectivity index (χ3v) is 6.20. The van der Waals surface area contributed by atoms with E-state index in [0.29, 0.717) is 22.8 Å². The van der Waals surface area contributed by atoms with Crippen LogP contribution in [-0.2, 0) is 10.0 Å². The second kappa shape index (κ2) is 8.86. The molecule has 0 saturated heterocycles. The topological polar surface area (TPSA) is 75.6 Å². The average molecular weight is 398 g/mol. The van der Waals surface area contributed by atoms with Gasteiger partial charge in [0.05, 0.1) is 24.2 Å². The van der Waals surface area contributed by atoms with Gasteiger partial charge in [-0.1, -0.05) is 44.0 Å². The van der Waals surface area contributed by atoms with Gasteiger partial charge in [0.25, 0.3) is 0 Å². The zero-order valence-electron chi connectivity index (χ0n) is 15.0. The summed E-state index contributed by atoms with van der Waals surface area (Å²) in [7, 11) is -2.23. The Kier molecular flexibility index (Phi) is 7.06. The van der Waals surface area contributed by atoms with Crippen LogP contribution >= 0.6 is 11.6 Å². The first-order valence-corrected chi connectivity index (χ1v) is 10.2. The molecule has 142 valence electrons. The lowest BCUT2D eigenvalue weighted by Gasteiger charge is -2.29. The number of nitrogens with one attached hydrogen (secondary N) is 1. The highest BCUT2D eigenvalue weighted by Crippen LogP contribution is 2.27. The number of benzene rings is 2. The predicted octanol–water partition coefficient (Wildman–Crippen LogP) is 3.78. The molecule has 3 unspecified atom stereocenters. The van der Waals surface area contributed by atoms with Crippen molar-refractivity contribution in [2.24, 2.45) is 5.92 Å². The number of ether oxygens (including phenoxy) is 1.